The summed E-state index contributed by atoms with van der Waals surface area (Å²) in [4.78, 5) is 33.7. The van der Waals surface area contributed by atoms with Crippen molar-refractivity contribution in [3.8, 4) is 5.75 Å². The van der Waals surface area contributed by atoms with Crippen LogP contribution in [0.5, 0.6) is 5.75 Å². The molecule has 10 heteroatoms. The molecule has 5 rings (SSSR count). The molecule has 2 aromatic rings. The number of halogens is 2. The fourth-order valence-corrected chi connectivity index (χ4v) is 5.57. The second kappa shape index (κ2) is 10.7. The van der Waals surface area contributed by atoms with Crippen molar-refractivity contribution in [2.75, 3.05) is 26.2 Å². The highest BCUT2D eigenvalue weighted by molar-refractivity contribution is 6.32. The molecule has 0 bridgehead atoms. The summed E-state index contributed by atoms with van der Waals surface area (Å²) in [5.74, 6) is 0.677. The Labute approximate surface area is 214 Å². The van der Waals surface area contributed by atoms with Gasteiger partial charge in [0.1, 0.15) is 23.8 Å². The molecule has 2 aliphatic heterocycles. The smallest absolute Gasteiger partial charge is 0.253 e. The molecule has 3 unspecified atom stereocenters. The van der Waals surface area contributed by atoms with Crippen LogP contribution in [0, 0.1) is 5.92 Å². The number of hydrogen-bond acceptors (Lipinski definition) is 6. The van der Waals surface area contributed by atoms with Gasteiger partial charge in [0.2, 0.25) is 5.91 Å². The van der Waals surface area contributed by atoms with E-state index in [4.69, 9.17) is 27.9 Å². The lowest BCUT2D eigenvalue weighted by molar-refractivity contribution is -0.134. The zero-order valence-electron chi connectivity index (χ0n) is 19.4. The van der Waals surface area contributed by atoms with Crippen molar-refractivity contribution in [3.05, 3.63) is 57.8 Å². The number of benzene rings is 1. The van der Waals surface area contributed by atoms with Gasteiger partial charge >= 0.3 is 0 Å². The van der Waals surface area contributed by atoms with Crippen LogP contribution in [0.2, 0.25) is 10.2 Å². The summed E-state index contributed by atoms with van der Waals surface area (Å²) in [7, 11) is 0. The van der Waals surface area contributed by atoms with Gasteiger partial charge in [0.15, 0.2) is 0 Å². The number of carbonyl (C=O) groups is 2. The molecule has 3 fully saturated rings. The van der Waals surface area contributed by atoms with E-state index in [9.17, 15) is 9.59 Å². The van der Waals surface area contributed by atoms with Crippen LogP contribution in [-0.4, -0.2) is 65.1 Å². The molecule has 8 nitrogen and oxygen atoms in total. The molecule has 3 atom stereocenters. The Hall–Kier alpha value is -2.39. The predicted molar refractivity (Wildman–Crippen MR) is 133 cm³/mol. The zero-order chi connectivity index (χ0) is 24.4. The SMILES string of the molecule is O=C1NC(N2CCN(C(=O)c3ccc(OCc4ccnc(Cl)c4)c(Cl)c3)CC2)NC2CCCCC12. The minimum atomic E-state index is -0.166. The number of hydrogen-bond donors (Lipinski definition) is 2. The Bertz CT molecular complexity index is 1090. The number of amides is 2. The first kappa shape index (κ1) is 24.3. The molecular formula is C25H29Cl2N5O3. The highest BCUT2D eigenvalue weighted by Crippen LogP contribution is 2.29. The van der Waals surface area contributed by atoms with Crippen LogP contribution in [0.3, 0.4) is 0 Å². The Morgan fingerprint density at radius 3 is 2.66 bits per heavy atom. The Morgan fingerprint density at radius 2 is 1.89 bits per heavy atom. The van der Waals surface area contributed by atoms with E-state index in [0.717, 1.165) is 24.8 Å². The van der Waals surface area contributed by atoms with Crippen molar-refractivity contribution < 1.29 is 14.3 Å². The number of rotatable bonds is 5. The summed E-state index contributed by atoms with van der Waals surface area (Å²) in [5, 5.41) is 7.53. The number of fused-ring (bicyclic) bond motifs is 1. The topological polar surface area (TPSA) is 86.8 Å². The van der Waals surface area contributed by atoms with E-state index >= 15 is 0 Å². The summed E-state index contributed by atoms with van der Waals surface area (Å²) in [6, 6.07) is 8.91. The van der Waals surface area contributed by atoms with E-state index in [-0.39, 0.29) is 30.1 Å². The Kier molecular flexibility index (Phi) is 7.43. The average molecular weight is 518 g/mol. The molecule has 1 aromatic heterocycles. The first-order chi connectivity index (χ1) is 17.0. The second-order valence-electron chi connectivity index (χ2n) is 9.32. The minimum absolute atomic E-state index is 0.0630. The third-order valence-corrected chi connectivity index (χ3v) is 7.59. The molecule has 3 heterocycles. The maximum absolute atomic E-state index is 13.1. The molecule has 35 heavy (non-hydrogen) atoms. The quantitative estimate of drug-likeness (QED) is 0.591. The highest BCUT2D eigenvalue weighted by Gasteiger charge is 2.40. The number of nitrogens with zero attached hydrogens (tertiary/aromatic N) is 3. The number of nitrogens with one attached hydrogen (secondary N) is 2. The molecule has 1 aromatic carbocycles. The molecule has 3 aliphatic rings. The van der Waals surface area contributed by atoms with Crippen molar-refractivity contribution in [2.24, 2.45) is 5.92 Å². The largest absolute Gasteiger partial charge is 0.487 e. The monoisotopic (exact) mass is 517 g/mol. The fraction of sp³-hybridized carbons (Fsp3) is 0.480. The van der Waals surface area contributed by atoms with Gasteiger partial charge in [-0.05, 0) is 48.7 Å². The molecule has 0 radical (unpaired) electrons. The summed E-state index contributed by atoms with van der Waals surface area (Å²) >= 11 is 12.3. The van der Waals surface area contributed by atoms with Crippen molar-refractivity contribution in [1.29, 1.82) is 0 Å². The zero-order valence-corrected chi connectivity index (χ0v) is 20.9. The Balaban J connectivity index is 1.15. The molecule has 186 valence electrons. The first-order valence-electron chi connectivity index (χ1n) is 12.1. The van der Waals surface area contributed by atoms with Gasteiger partial charge in [-0.2, -0.15) is 0 Å². The van der Waals surface area contributed by atoms with Crippen LogP contribution in [0.15, 0.2) is 36.5 Å². The summed E-state index contributed by atoms with van der Waals surface area (Å²) in [5.41, 5.74) is 1.40. The minimum Gasteiger partial charge on any atom is -0.487 e. The molecular weight excluding hydrogens is 489 g/mol. The van der Waals surface area contributed by atoms with E-state index in [1.807, 2.05) is 11.0 Å². The van der Waals surface area contributed by atoms with Crippen molar-refractivity contribution in [2.45, 2.75) is 44.6 Å². The van der Waals surface area contributed by atoms with Crippen molar-refractivity contribution in [1.82, 2.24) is 25.4 Å². The van der Waals surface area contributed by atoms with Gasteiger partial charge in [0.25, 0.3) is 5.91 Å². The van der Waals surface area contributed by atoms with E-state index in [0.29, 0.717) is 54.3 Å². The number of pyridine rings is 1. The third kappa shape index (κ3) is 5.56. The number of aromatic nitrogens is 1. The van der Waals surface area contributed by atoms with Crippen LogP contribution in [0.25, 0.3) is 0 Å². The van der Waals surface area contributed by atoms with Crippen LogP contribution < -0.4 is 15.4 Å². The average Bonchev–Trinajstić information content (AvgIpc) is 2.87. The van der Waals surface area contributed by atoms with Crippen LogP contribution in [0.1, 0.15) is 41.6 Å². The van der Waals surface area contributed by atoms with E-state index < -0.39 is 0 Å². The van der Waals surface area contributed by atoms with Gasteiger partial charge in [0.05, 0.1) is 10.9 Å². The van der Waals surface area contributed by atoms with Gasteiger partial charge in [-0.25, -0.2) is 4.98 Å². The normalized spacial score (nSPS) is 25.0. The molecule has 2 saturated heterocycles. The van der Waals surface area contributed by atoms with Gasteiger partial charge < -0.3 is 15.0 Å². The molecule has 1 saturated carbocycles. The molecule has 1 aliphatic carbocycles. The number of carbonyl (C=O) groups excluding carboxylic acids is 2. The van der Waals surface area contributed by atoms with Crippen LogP contribution in [-0.2, 0) is 11.4 Å². The lowest BCUT2D eigenvalue weighted by Gasteiger charge is -2.46. The second-order valence-corrected chi connectivity index (χ2v) is 10.1. The van der Waals surface area contributed by atoms with Crippen molar-refractivity contribution >= 4 is 35.0 Å². The van der Waals surface area contributed by atoms with Gasteiger partial charge in [-0.15, -0.1) is 0 Å². The number of ether oxygens (including phenoxy) is 1. The third-order valence-electron chi connectivity index (χ3n) is 7.08. The van der Waals surface area contributed by atoms with E-state index in [2.05, 4.69) is 20.5 Å². The highest BCUT2D eigenvalue weighted by atomic mass is 35.5. The first-order valence-corrected chi connectivity index (χ1v) is 12.9. The van der Waals surface area contributed by atoms with E-state index in [1.54, 1.807) is 30.5 Å². The number of piperazine rings is 1. The van der Waals surface area contributed by atoms with E-state index in [1.165, 1.54) is 6.42 Å². The maximum atomic E-state index is 13.1. The summed E-state index contributed by atoms with van der Waals surface area (Å²) in [6.07, 6.45) is 5.75. The van der Waals surface area contributed by atoms with Crippen LogP contribution in [0.4, 0.5) is 0 Å². The van der Waals surface area contributed by atoms with Crippen molar-refractivity contribution in [3.63, 3.8) is 0 Å². The summed E-state index contributed by atoms with van der Waals surface area (Å²) < 4.78 is 5.79. The lowest BCUT2D eigenvalue weighted by Crippen LogP contribution is -2.69. The molecule has 2 amide bonds. The Morgan fingerprint density at radius 1 is 1.09 bits per heavy atom. The van der Waals surface area contributed by atoms with Gasteiger partial charge in [0, 0.05) is 44.0 Å². The maximum Gasteiger partial charge on any atom is 0.253 e. The standard InChI is InChI=1S/C25H29Cl2N5O3/c26-19-14-17(5-6-21(19)35-15-16-7-8-28-22(27)13-16)24(34)31-9-11-32(12-10-31)25-29-20-4-2-1-3-18(20)23(33)30-25/h5-8,13-14,18,20,25,29H,1-4,9-12,15H2,(H,30,33). The van der Waals surface area contributed by atoms with Gasteiger partial charge in [-0.1, -0.05) is 36.0 Å². The molecule has 0 spiro atoms. The summed E-state index contributed by atoms with van der Waals surface area (Å²) in [6.45, 7) is 2.83. The lowest BCUT2D eigenvalue weighted by atomic mass is 9.82. The predicted octanol–water partition coefficient (Wildman–Crippen LogP) is 3.29. The van der Waals surface area contributed by atoms with Crippen LogP contribution >= 0.6 is 23.2 Å². The fourth-order valence-electron chi connectivity index (χ4n) is 5.14. The molecule has 2 N–H and O–H groups in total. The van der Waals surface area contributed by atoms with Gasteiger partial charge in [-0.3, -0.25) is 19.8 Å².